The van der Waals surface area contributed by atoms with Gasteiger partial charge in [-0.15, -0.1) is 0 Å². The van der Waals surface area contributed by atoms with Crippen LogP contribution in [-0.2, 0) is 11.2 Å². The summed E-state index contributed by atoms with van der Waals surface area (Å²) in [6.45, 7) is 3.97. The van der Waals surface area contributed by atoms with E-state index in [1.54, 1.807) is 6.20 Å². The van der Waals surface area contributed by atoms with E-state index in [0.717, 1.165) is 37.2 Å². The summed E-state index contributed by atoms with van der Waals surface area (Å²) in [4.78, 5) is 20.8. The number of amides is 1. The minimum absolute atomic E-state index is 0.0105. The van der Waals surface area contributed by atoms with Crippen molar-refractivity contribution in [1.82, 2.24) is 14.8 Å². The maximum Gasteiger partial charge on any atom is 0.244 e. The summed E-state index contributed by atoms with van der Waals surface area (Å²) in [7, 11) is 0. The van der Waals surface area contributed by atoms with Crippen LogP contribution in [0.25, 0.3) is 0 Å². The lowest BCUT2D eigenvalue weighted by atomic mass is 10.1. The van der Waals surface area contributed by atoms with E-state index in [1.165, 1.54) is 0 Å². The molecule has 0 bridgehead atoms. The van der Waals surface area contributed by atoms with Gasteiger partial charge in [0.15, 0.2) is 0 Å². The smallest absolute Gasteiger partial charge is 0.244 e. The van der Waals surface area contributed by atoms with Gasteiger partial charge in [0.05, 0.1) is 0 Å². The fraction of sp³-hybridized carbons (Fsp3) is 0.350. The molecular weight excluding hydrogens is 326 g/mol. The lowest BCUT2D eigenvalue weighted by molar-refractivity contribution is -0.134. The van der Waals surface area contributed by atoms with Crippen molar-refractivity contribution in [1.29, 1.82) is 5.26 Å². The summed E-state index contributed by atoms with van der Waals surface area (Å²) in [5.74, 6) is -0.0105. The summed E-state index contributed by atoms with van der Waals surface area (Å²) < 4.78 is 0. The fourth-order valence-electron chi connectivity index (χ4n) is 3.17. The zero-order valence-electron chi connectivity index (χ0n) is 14.7. The zero-order valence-corrected chi connectivity index (χ0v) is 14.7. The van der Waals surface area contributed by atoms with Crippen molar-refractivity contribution in [2.75, 3.05) is 32.7 Å². The molecule has 3 rings (SSSR count). The number of hydrogen-bond donors (Lipinski definition) is 1. The number of pyridine rings is 1. The first-order chi connectivity index (χ1) is 12.7. The largest absolute Gasteiger partial charge is 0.338 e. The van der Waals surface area contributed by atoms with Crippen LogP contribution in [0.2, 0.25) is 0 Å². The molecule has 1 amide bonds. The molecule has 1 fully saturated rings. The maximum absolute atomic E-state index is 12.6. The number of benzene rings is 1. The SMILES string of the molecule is N#Cc1cc(CCN2CCN(C(=O)[C@H](N)c3ccccc3)CC2)ccn1. The molecule has 2 aromatic rings. The second-order valence-corrected chi connectivity index (χ2v) is 6.47. The van der Waals surface area contributed by atoms with Crippen LogP contribution in [-0.4, -0.2) is 53.4 Å². The highest BCUT2D eigenvalue weighted by molar-refractivity contribution is 5.83. The number of hydrogen-bond acceptors (Lipinski definition) is 5. The predicted molar refractivity (Wildman–Crippen MR) is 99.0 cm³/mol. The summed E-state index contributed by atoms with van der Waals surface area (Å²) in [5.41, 5.74) is 8.55. The fourth-order valence-corrected chi connectivity index (χ4v) is 3.17. The molecule has 6 heteroatoms. The number of piperazine rings is 1. The standard InChI is InChI=1S/C20H23N5O/c21-15-18-14-16(6-8-23-18)7-9-24-10-12-25(13-11-24)20(26)19(22)17-4-2-1-3-5-17/h1-6,8,14,19H,7,9-13,22H2/t19-/m1/s1. The number of nitrogens with zero attached hydrogens (tertiary/aromatic N) is 4. The van der Waals surface area contributed by atoms with Crippen LogP contribution in [0.4, 0.5) is 0 Å². The van der Waals surface area contributed by atoms with E-state index in [-0.39, 0.29) is 5.91 Å². The van der Waals surface area contributed by atoms with E-state index in [1.807, 2.05) is 47.4 Å². The Morgan fingerprint density at radius 3 is 2.62 bits per heavy atom. The molecule has 0 radical (unpaired) electrons. The van der Waals surface area contributed by atoms with Gasteiger partial charge in [-0.25, -0.2) is 4.98 Å². The molecule has 1 aromatic carbocycles. The molecule has 26 heavy (non-hydrogen) atoms. The van der Waals surface area contributed by atoms with Crippen molar-refractivity contribution in [3.05, 3.63) is 65.5 Å². The van der Waals surface area contributed by atoms with Gasteiger partial charge in [-0.3, -0.25) is 9.69 Å². The highest BCUT2D eigenvalue weighted by Crippen LogP contribution is 2.15. The number of carbonyl (C=O) groups excluding carboxylic acids is 1. The van der Waals surface area contributed by atoms with Gasteiger partial charge in [-0.05, 0) is 29.7 Å². The first kappa shape index (κ1) is 18.1. The highest BCUT2D eigenvalue weighted by Gasteiger charge is 2.25. The lowest BCUT2D eigenvalue weighted by Gasteiger charge is -2.36. The summed E-state index contributed by atoms with van der Waals surface area (Å²) >= 11 is 0. The number of rotatable bonds is 5. The topological polar surface area (TPSA) is 86.2 Å². The van der Waals surface area contributed by atoms with Crippen LogP contribution in [0.3, 0.4) is 0 Å². The van der Waals surface area contributed by atoms with E-state index < -0.39 is 6.04 Å². The van der Waals surface area contributed by atoms with Crippen molar-refractivity contribution in [3.63, 3.8) is 0 Å². The Labute approximate surface area is 153 Å². The number of nitriles is 1. The molecule has 0 unspecified atom stereocenters. The monoisotopic (exact) mass is 349 g/mol. The Bertz CT molecular complexity index is 778. The second-order valence-electron chi connectivity index (χ2n) is 6.47. The molecule has 134 valence electrons. The molecule has 1 aliphatic rings. The quantitative estimate of drug-likeness (QED) is 0.880. The minimum Gasteiger partial charge on any atom is -0.338 e. The predicted octanol–water partition coefficient (Wildman–Crippen LogP) is 1.34. The summed E-state index contributed by atoms with van der Waals surface area (Å²) in [6, 6.07) is 14.8. The third-order valence-corrected chi connectivity index (χ3v) is 4.76. The van der Waals surface area contributed by atoms with E-state index in [4.69, 9.17) is 11.0 Å². The van der Waals surface area contributed by atoms with Gasteiger partial charge < -0.3 is 10.6 Å². The van der Waals surface area contributed by atoms with Crippen LogP contribution in [0.5, 0.6) is 0 Å². The maximum atomic E-state index is 12.6. The zero-order chi connectivity index (χ0) is 18.4. The third-order valence-electron chi connectivity index (χ3n) is 4.76. The van der Waals surface area contributed by atoms with Gasteiger partial charge in [-0.1, -0.05) is 30.3 Å². The van der Waals surface area contributed by atoms with E-state index >= 15 is 0 Å². The van der Waals surface area contributed by atoms with Crippen molar-refractivity contribution in [3.8, 4) is 6.07 Å². The van der Waals surface area contributed by atoms with Crippen LogP contribution >= 0.6 is 0 Å². The molecule has 6 nitrogen and oxygen atoms in total. The minimum atomic E-state index is -0.594. The van der Waals surface area contributed by atoms with Gasteiger partial charge in [0.1, 0.15) is 17.8 Å². The van der Waals surface area contributed by atoms with Crippen molar-refractivity contribution in [2.24, 2.45) is 5.73 Å². The molecule has 1 saturated heterocycles. The number of aromatic nitrogens is 1. The molecule has 1 aliphatic heterocycles. The molecule has 2 heterocycles. The average molecular weight is 349 g/mol. The molecule has 0 spiro atoms. The molecular formula is C20H23N5O. The van der Waals surface area contributed by atoms with Gasteiger partial charge in [-0.2, -0.15) is 5.26 Å². The number of carbonyl (C=O) groups is 1. The van der Waals surface area contributed by atoms with Gasteiger partial charge in [0.25, 0.3) is 0 Å². The Balaban J connectivity index is 1.48. The first-order valence-electron chi connectivity index (χ1n) is 8.84. The molecule has 2 N–H and O–H groups in total. The van der Waals surface area contributed by atoms with Gasteiger partial charge >= 0.3 is 0 Å². The molecule has 0 saturated carbocycles. The number of nitrogens with two attached hydrogens (primary N) is 1. The molecule has 1 aromatic heterocycles. The Kier molecular flexibility index (Phi) is 5.95. The van der Waals surface area contributed by atoms with Crippen LogP contribution in [0, 0.1) is 11.3 Å². The first-order valence-corrected chi connectivity index (χ1v) is 8.84. The van der Waals surface area contributed by atoms with E-state index in [9.17, 15) is 4.79 Å². The Morgan fingerprint density at radius 2 is 1.92 bits per heavy atom. The summed E-state index contributed by atoms with van der Waals surface area (Å²) in [5, 5.41) is 8.92. The Morgan fingerprint density at radius 1 is 1.19 bits per heavy atom. The van der Waals surface area contributed by atoms with E-state index in [2.05, 4.69) is 16.0 Å². The normalized spacial score (nSPS) is 16.1. The summed E-state index contributed by atoms with van der Waals surface area (Å²) in [6.07, 6.45) is 2.55. The third kappa shape index (κ3) is 4.45. The van der Waals surface area contributed by atoms with Crippen LogP contribution in [0.15, 0.2) is 48.7 Å². The highest BCUT2D eigenvalue weighted by atomic mass is 16.2. The Hall–Kier alpha value is -2.75. The van der Waals surface area contributed by atoms with Crippen molar-refractivity contribution in [2.45, 2.75) is 12.5 Å². The van der Waals surface area contributed by atoms with Crippen LogP contribution < -0.4 is 5.73 Å². The van der Waals surface area contributed by atoms with Gasteiger partial charge in [0.2, 0.25) is 5.91 Å². The molecule has 1 atom stereocenters. The van der Waals surface area contributed by atoms with Crippen LogP contribution in [0.1, 0.15) is 22.9 Å². The molecule has 0 aliphatic carbocycles. The lowest BCUT2D eigenvalue weighted by Crippen LogP contribution is -2.51. The van der Waals surface area contributed by atoms with Crippen molar-refractivity contribution >= 4 is 5.91 Å². The van der Waals surface area contributed by atoms with E-state index in [0.29, 0.717) is 18.8 Å². The van der Waals surface area contributed by atoms with Crippen molar-refractivity contribution < 1.29 is 4.79 Å². The van der Waals surface area contributed by atoms with Gasteiger partial charge in [0, 0.05) is 38.9 Å². The average Bonchev–Trinajstić information content (AvgIpc) is 2.72. The second kappa shape index (κ2) is 8.56.